The highest BCUT2D eigenvalue weighted by Crippen LogP contribution is 2.30. The van der Waals surface area contributed by atoms with E-state index in [-0.39, 0.29) is 4.75 Å². The van der Waals surface area contributed by atoms with E-state index in [1.54, 1.807) is 0 Å². The molecule has 1 aliphatic heterocycles. The van der Waals surface area contributed by atoms with Crippen molar-refractivity contribution in [2.45, 2.75) is 24.7 Å². The highest BCUT2D eigenvalue weighted by Gasteiger charge is 2.28. The Labute approximate surface area is 113 Å². The minimum atomic E-state index is -0.451. The van der Waals surface area contributed by atoms with Gasteiger partial charge in [0.15, 0.2) is 0 Å². The normalized spacial score (nSPS) is 21.7. The number of hydrogen-bond donors (Lipinski definition) is 2. The summed E-state index contributed by atoms with van der Waals surface area (Å²) >= 11 is 2.01. The van der Waals surface area contributed by atoms with Crippen molar-refractivity contribution in [1.29, 1.82) is 0 Å². The van der Waals surface area contributed by atoms with Crippen LogP contribution < -0.4 is 5.73 Å². The molecule has 2 rings (SSSR count). The topological polar surface area (TPSA) is 49.5 Å². The van der Waals surface area contributed by atoms with E-state index in [2.05, 4.69) is 18.7 Å². The number of nitrogen functional groups attached to an aromatic ring is 1. The number of aliphatic hydroxyl groups excluding tert-OH is 1. The summed E-state index contributed by atoms with van der Waals surface area (Å²) in [5.41, 5.74) is 7.36. The number of thioether (sulfide) groups is 1. The molecule has 0 amide bonds. The van der Waals surface area contributed by atoms with Gasteiger partial charge in [-0.15, -0.1) is 0 Å². The Bertz CT molecular complexity index is 409. The van der Waals surface area contributed by atoms with Gasteiger partial charge in [0, 0.05) is 35.8 Å². The molecule has 0 radical (unpaired) electrons. The Morgan fingerprint density at radius 2 is 2.28 bits per heavy atom. The van der Waals surface area contributed by atoms with E-state index in [9.17, 15) is 5.11 Å². The first-order valence-corrected chi connectivity index (χ1v) is 7.35. The molecule has 1 aromatic rings. The van der Waals surface area contributed by atoms with Crippen molar-refractivity contribution < 1.29 is 5.11 Å². The van der Waals surface area contributed by atoms with Gasteiger partial charge in [0.1, 0.15) is 0 Å². The Kier molecular flexibility index (Phi) is 4.20. The third-order valence-corrected chi connectivity index (χ3v) is 4.53. The van der Waals surface area contributed by atoms with E-state index in [4.69, 9.17) is 5.73 Å². The molecular weight excluding hydrogens is 244 g/mol. The van der Waals surface area contributed by atoms with Gasteiger partial charge in [0.2, 0.25) is 0 Å². The average molecular weight is 266 g/mol. The molecule has 1 saturated heterocycles. The molecular formula is C14H22N2OS. The lowest BCUT2D eigenvalue weighted by molar-refractivity contribution is 0.110. The Morgan fingerprint density at radius 1 is 1.50 bits per heavy atom. The summed E-state index contributed by atoms with van der Waals surface area (Å²) in [4.78, 5) is 2.34. The third-order valence-electron chi connectivity index (χ3n) is 3.23. The molecule has 0 spiro atoms. The molecule has 0 aliphatic carbocycles. The van der Waals surface area contributed by atoms with Gasteiger partial charge in [-0.3, -0.25) is 4.90 Å². The highest BCUT2D eigenvalue weighted by atomic mass is 32.2. The smallest absolute Gasteiger partial charge is 0.0917 e. The predicted octanol–water partition coefficient (Wildman–Crippen LogP) is 2.13. The first-order chi connectivity index (χ1) is 8.46. The molecule has 1 atom stereocenters. The minimum Gasteiger partial charge on any atom is -0.399 e. The number of anilines is 1. The first kappa shape index (κ1) is 13.7. The van der Waals surface area contributed by atoms with E-state index in [0.29, 0.717) is 12.2 Å². The summed E-state index contributed by atoms with van der Waals surface area (Å²) < 4.78 is 0.285. The van der Waals surface area contributed by atoms with Crippen LogP contribution in [0.5, 0.6) is 0 Å². The SMILES string of the molecule is CC1(C)CN(CC(O)c2cccc(N)c2)CCS1. The Morgan fingerprint density at radius 3 is 2.94 bits per heavy atom. The van der Waals surface area contributed by atoms with Crippen molar-refractivity contribution in [3.63, 3.8) is 0 Å². The first-order valence-electron chi connectivity index (χ1n) is 6.36. The predicted molar refractivity (Wildman–Crippen MR) is 78.8 cm³/mol. The van der Waals surface area contributed by atoms with Gasteiger partial charge < -0.3 is 10.8 Å². The molecule has 3 N–H and O–H groups in total. The van der Waals surface area contributed by atoms with E-state index in [1.807, 2.05) is 36.0 Å². The number of nitrogens with two attached hydrogens (primary N) is 1. The molecule has 100 valence electrons. The van der Waals surface area contributed by atoms with Crippen LogP contribution in [0.4, 0.5) is 5.69 Å². The van der Waals surface area contributed by atoms with Crippen LogP contribution in [0.1, 0.15) is 25.5 Å². The maximum atomic E-state index is 10.3. The van der Waals surface area contributed by atoms with Crippen LogP contribution in [0.2, 0.25) is 0 Å². The Hall–Kier alpha value is -0.710. The van der Waals surface area contributed by atoms with Crippen LogP contribution in [0.3, 0.4) is 0 Å². The molecule has 4 heteroatoms. The maximum absolute atomic E-state index is 10.3. The number of nitrogens with zero attached hydrogens (tertiary/aromatic N) is 1. The lowest BCUT2D eigenvalue weighted by Crippen LogP contribution is -2.44. The fourth-order valence-electron chi connectivity index (χ4n) is 2.39. The van der Waals surface area contributed by atoms with Crippen LogP contribution in [0, 0.1) is 0 Å². The van der Waals surface area contributed by atoms with E-state index in [1.165, 1.54) is 0 Å². The van der Waals surface area contributed by atoms with Crippen molar-refractivity contribution in [2.24, 2.45) is 0 Å². The van der Waals surface area contributed by atoms with Crippen LogP contribution in [0.25, 0.3) is 0 Å². The van der Waals surface area contributed by atoms with Crippen molar-refractivity contribution in [1.82, 2.24) is 4.90 Å². The molecule has 0 aromatic heterocycles. The minimum absolute atomic E-state index is 0.285. The zero-order valence-corrected chi connectivity index (χ0v) is 11.9. The van der Waals surface area contributed by atoms with Gasteiger partial charge in [-0.25, -0.2) is 0 Å². The molecule has 1 unspecified atom stereocenters. The van der Waals surface area contributed by atoms with Gasteiger partial charge in [0.25, 0.3) is 0 Å². The van der Waals surface area contributed by atoms with Crippen molar-refractivity contribution in [3.8, 4) is 0 Å². The van der Waals surface area contributed by atoms with E-state index in [0.717, 1.165) is 24.4 Å². The van der Waals surface area contributed by atoms with Gasteiger partial charge in [-0.2, -0.15) is 11.8 Å². The summed E-state index contributed by atoms with van der Waals surface area (Å²) in [6.45, 7) is 7.28. The van der Waals surface area contributed by atoms with Crippen LogP contribution in [0.15, 0.2) is 24.3 Å². The lowest BCUT2D eigenvalue weighted by Gasteiger charge is -2.38. The van der Waals surface area contributed by atoms with Gasteiger partial charge >= 0.3 is 0 Å². The number of β-amino-alcohol motifs (C(OH)–C–C–N with tert-alkyl or cyclic N) is 1. The number of benzene rings is 1. The molecule has 0 saturated carbocycles. The number of hydrogen-bond acceptors (Lipinski definition) is 4. The second-order valence-corrected chi connectivity index (χ2v) is 7.33. The van der Waals surface area contributed by atoms with Crippen LogP contribution >= 0.6 is 11.8 Å². The average Bonchev–Trinajstić information content (AvgIpc) is 2.27. The molecule has 1 fully saturated rings. The largest absolute Gasteiger partial charge is 0.399 e. The zero-order chi connectivity index (χ0) is 13.2. The quantitative estimate of drug-likeness (QED) is 0.823. The summed E-state index contributed by atoms with van der Waals surface area (Å²) in [5, 5.41) is 10.3. The summed E-state index contributed by atoms with van der Waals surface area (Å²) in [7, 11) is 0. The van der Waals surface area contributed by atoms with Gasteiger partial charge in [-0.1, -0.05) is 12.1 Å². The zero-order valence-electron chi connectivity index (χ0n) is 11.1. The molecule has 3 nitrogen and oxygen atoms in total. The monoisotopic (exact) mass is 266 g/mol. The fourth-order valence-corrected chi connectivity index (χ4v) is 3.56. The lowest BCUT2D eigenvalue weighted by atomic mass is 10.1. The Balaban J connectivity index is 1.97. The van der Waals surface area contributed by atoms with E-state index < -0.39 is 6.10 Å². The second-order valence-electron chi connectivity index (χ2n) is 5.53. The molecule has 1 aliphatic rings. The van der Waals surface area contributed by atoms with Crippen LogP contribution in [-0.2, 0) is 0 Å². The van der Waals surface area contributed by atoms with Crippen LogP contribution in [-0.4, -0.2) is 40.1 Å². The molecule has 0 bridgehead atoms. The highest BCUT2D eigenvalue weighted by molar-refractivity contribution is 8.00. The molecule has 1 heterocycles. The second kappa shape index (κ2) is 5.51. The van der Waals surface area contributed by atoms with Crippen molar-refractivity contribution in [3.05, 3.63) is 29.8 Å². The maximum Gasteiger partial charge on any atom is 0.0917 e. The number of rotatable bonds is 3. The molecule has 18 heavy (non-hydrogen) atoms. The van der Waals surface area contributed by atoms with E-state index >= 15 is 0 Å². The number of aliphatic hydroxyl groups is 1. The summed E-state index contributed by atoms with van der Waals surface area (Å²) in [6.07, 6.45) is -0.451. The third kappa shape index (κ3) is 3.64. The van der Waals surface area contributed by atoms with Crippen molar-refractivity contribution in [2.75, 3.05) is 31.1 Å². The van der Waals surface area contributed by atoms with Gasteiger partial charge in [-0.05, 0) is 31.5 Å². The van der Waals surface area contributed by atoms with Crippen molar-refractivity contribution >= 4 is 17.4 Å². The van der Waals surface area contributed by atoms with Gasteiger partial charge in [0.05, 0.1) is 6.10 Å². The molecule has 1 aromatic carbocycles. The summed E-state index contributed by atoms with van der Waals surface area (Å²) in [5.74, 6) is 1.14. The standard InChI is InChI=1S/C14H22N2OS/c1-14(2)10-16(6-7-18-14)9-13(17)11-4-3-5-12(15)8-11/h3-5,8,13,17H,6-7,9-10,15H2,1-2H3. The summed E-state index contributed by atoms with van der Waals surface area (Å²) in [6, 6.07) is 7.53. The fraction of sp³-hybridized carbons (Fsp3) is 0.571.